The maximum atomic E-state index is 13.4. The highest BCUT2D eigenvalue weighted by Gasteiger charge is 2.30. The van der Waals surface area contributed by atoms with Gasteiger partial charge in [0.05, 0.1) is 17.9 Å². The zero-order valence-corrected chi connectivity index (χ0v) is 19.0. The summed E-state index contributed by atoms with van der Waals surface area (Å²) in [7, 11) is 0. The second-order valence-electron chi connectivity index (χ2n) is 8.31. The molecule has 174 valence electrons. The molecule has 0 fully saturated rings. The Balaban J connectivity index is 1.40. The number of esters is 1. The molecule has 0 saturated heterocycles. The van der Waals surface area contributed by atoms with Crippen LogP contribution in [0.2, 0.25) is 0 Å². The van der Waals surface area contributed by atoms with Gasteiger partial charge in [0.15, 0.2) is 0 Å². The lowest BCUT2D eigenvalue weighted by atomic mass is 10.0. The van der Waals surface area contributed by atoms with Gasteiger partial charge in [-0.05, 0) is 37.8 Å². The number of H-pyrrole nitrogens is 1. The molecule has 3 heterocycles. The molecule has 7 heteroatoms. The number of hydrogen-bond donors (Lipinski definition) is 1. The van der Waals surface area contributed by atoms with Crippen molar-refractivity contribution in [1.29, 1.82) is 0 Å². The van der Waals surface area contributed by atoms with E-state index < -0.39 is 5.97 Å². The molecule has 7 nitrogen and oxygen atoms in total. The Morgan fingerprint density at radius 2 is 2.06 bits per heavy atom. The van der Waals surface area contributed by atoms with Crippen molar-refractivity contribution in [3.8, 4) is 0 Å². The van der Waals surface area contributed by atoms with E-state index >= 15 is 0 Å². The Kier molecular flexibility index (Phi) is 6.08. The summed E-state index contributed by atoms with van der Waals surface area (Å²) in [6.45, 7) is 2.38. The monoisotopic (exact) mass is 458 g/mol. The molecule has 0 saturated carbocycles. The van der Waals surface area contributed by atoms with Crippen molar-refractivity contribution < 1.29 is 23.8 Å². The van der Waals surface area contributed by atoms with Gasteiger partial charge < -0.3 is 24.1 Å². The molecule has 0 unspecified atom stereocenters. The van der Waals surface area contributed by atoms with Gasteiger partial charge >= 0.3 is 5.97 Å². The molecule has 5 rings (SSSR count). The second kappa shape index (κ2) is 9.47. The van der Waals surface area contributed by atoms with Crippen LogP contribution in [0.3, 0.4) is 0 Å². The van der Waals surface area contributed by atoms with Gasteiger partial charge in [-0.25, -0.2) is 4.79 Å². The number of nitrogens with one attached hydrogen (secondary N) is 1. The normalized spacial score (nSPS) is 17.4. The number of fused-ring (bicyclic) bond motifs is 3. The number of aromatic nitrogens is 1. The number of para-hydroxylation sites is 1. The number of nitrogens with zero attached hydrogens (tertiary/aromatic N) is 1. The minimum absolute atomic E-state index is 0.0827. The van der Waals surface area contributed by atoms with Gasteiger partial charge in [0.25, 0.3) is 5.91 Å². The number of amides is 1. The minimum Gasteiger partial charge on any atom is -0.465 e. The average Bonchev–Trinajstić information content (AvgIpc) is 3.12. The van der Waals surface area contributed by atoms with Crippen LogP contribution in [-0.4, -0.2) is 34.9 Å². The molecule has 0 atom stereocenters. The lowest BCUT2D eigenvalue weighted by Crippen LogP contribution is -2.30. The van der Waals surface area contributed by atoms with Crippen molar-refractivity contribution in [3.05, 3.63) is 89.6 Å². The zero-order valence-electron chi connectivity index (χ0n) is 19.0. The number of aromatic amines is 1. The molecule has 1 amide bonds. The van der Waals surface area contributed by atoms with Crippen molar-refractivity contribution in [2.45, 2.75) is 32.6 Å². The maximum Gasteiger partial charge on any atom is 0.341 e. The van der Waals surface area contributed by atoms with Crippen LogP contribution in [0.25, 0.3) is 16.5 Å². The number of benzene rings is 1. The topological polar surface area (TPSA) is 80.9 Å². The van der Waals surface area contributed by atoms with Gasteiger partial charge in [-0.2, -0.15) is 0 Å². The molecule has 0 bridgehead atoms. The lowest BCUT2D eigenvalue weighted by Gasteiger charge is -2.22. The number of rotatable bonds is 5. The third-order valence-electron chi connectivity index (χ3n) is 6.05. The Morgan fingerprint density at radius 3 is 2.88 bits per heavy atom. The summed E-state index contributed by atoms with van der Waals surface area (Å²) in [5.41, 5.74) is 4.14. The molecule has 0 spiro atoms. The Bertz CT molecular complexity index is 1290. The fraction of sp³-hybridized carbons (Fsp3) is 0.259. The molecule has 0 radical (unpaired) electrons. The smallest absolute Gasteiger partial charge is 0.341 e. The first kappa shape index (κ1) is 21.8. The number of carbonyl (C=O) groups excluding carboxylic acids is 2. The molecule has 2 aromatic rings. The highest BCUT2D eigenvalue weighted by Crippen LogP contribution is 2.32. The fourth-order valence-electron chi connectivity index (χ4n) is 4.43. The van der Waals surface area contributed by atoms with E-state index in [4.69, 9.17) is 14.2 Å². The van der Waals surface area contributed by atoms with Crippen LogP contribution >= 0.6 is 0 Å². The van der Waals surface area contributed by atoms with E-state index in [-0.39, 0.29) is 18.3 Å². The SMILES string of the molecule is CCOC(=O)C1=CN(C(=O)C2=COC=C(CC3=CC=CCC3)O2)CCc2c1[nH]c1ccccc21. The summed E-state index contributed by atoms with van der Waals surface area (Å²) < 4.78 is 16.6. The van der Waals surface area contributed by atoms with Crippen molar-refractivity contribution in [3.63, 3.8) is 0 Å². The van der Waals surface area contributed by atoms with Gasteiger partial charge in [-0.1, -0.05) is 42.0 Å². The van der Waals surface area contributed by atoms with Crippen LogP contribution < -0.4 is 0 Å². The maximum absolute atomic E-state index is 13.4. The van der Waals surface area contributed by atoms with Gasteiger partial charge in [-0.3, -0.25) is 4.79 Å². The van der Waals surface area contributed by atoms with Crippen molar-refractivity contribution >= 4 is 28.4 Å². The summed E-state index contributed by atoms with van der Waals surface area (Å²) in [5.74, 6) is -0.200. The highest BCUT2D eigenvalue weighted by molar-refractivity contribution is 6.18. The Labute approximate surface area is 197 Å². The van der Waals surface area contributed by atoms with E-state index in [1.54, 1.807) is 13.1 Å². The number of carbonyl (C=O) groups is 2. The molecule has 2 aliphatic heterocycles. The molecule has 1 N–H and O–H groups in total. The third-order valence-corrected chi connectivity index (χ3v) is 6.05. The standard InChI is InChI=1S/C27H26N2O5/c1-2-33-27(31)22-15-29(13-12-21-20-10-6-7-11-23(20)28-25(21)22)26(30)24-17-32-16-19(34-24)14-18-8-4-3-5-9-18/h3-4,6-8,10-11,15-17,28H,2,5,9,12-14H2,1H3. The van der Waals surface area contributed by atoms with E-state index in [1.807, 2.05) is 30.3 Å². The molecule has 34 heavy (non-hydrogen) atoms. The van der Waals surface area contributed by atoms with Gasteiger partial charge in [0.2, 0.25) is 5.76 Å². The van der Waals surface area contributed by atoms with E-state index in [9.17, 15) is 9.59 Å². The van der Waals surface area contributed by atoms with E-state index in [0.29, 0.717) is 36.4 Å². The Hall–Kier alpha value is -4.00. The fourth-order valence-corrected chi connectivity index (χ4v) is 4.43. The van der Waals surface area contributed by atoms with Crippen LogP contribution in [0.15, 0.2) is 78.3 Å². The summed E-state index contributed by atoms with van der Waals surface area (Å²) in [4.78, 5) is 31.1. The first-order valence-corrected chi connectivity index (χ1v) is 11.5. The second-order valence-corrected chi connectivity index (χ2v) is 8.31. The van der Waals surface area contributed by atoms with Crippen molar-refractivity contribution in [2.75, 3.05) is 13.2 Å². The molecule has 1 aliphatic carbocycles. The quantitative estimate of drug-likeness (QED) is 0.648. The third kappa shape index (κ3) is 4.29. The van der Waals surface area contributed by atoms with E-state index in [1.165, 1.54) is 23.0 Å². The molecule has 1 aromatic heterocycles. The van der Waals surface area contributed by atoms with Gasteiger partial charge in [-0.15, -0.1) is 0 Å². The van der Waals surface area contributed by atoms with Crippen LogP contribution in [0.1, 0.15) is 37.4 Å². The summed E-state index contributed by atoms with van der Waals surface area (Å²) in [5, 5.41) is 1.03. The predicted octanol–water partition coefficient (Wildman–Crippen LogP) is 4.85. The van der Waals surface area contributed by atoms with Crippen LogP contribution in [0.4, 0.5) is 0 Å². The van der Waals surface area contributed by atoms with Gasteiger partial charge in [0.1, 0.15) is 18.3 Å². The highest BCUT2D eigenvalue weighted by atomic mass is 16.5. The summed E-state index contributed by atoms with van der Waals surface area (Å²) in [6.07, 6.45) is 13.7. The van der Waals surface area contributed by atoms with Crippen molar-refractivity contribution in [2.24, 2.45) is 0 Å². The first-order valence-electron chi connectivity index (χ1n) is 11.5. The number of allylic oxidation sites excluding steroid dienone is 4. The molecular formula is C27H26N2O5. The lowest BCUT2D eigenvalue weighted by molar-refractivity contribution is -0.136. The number of hydrogen-bond acceptors (Lipinski definition) is 5. The van der Waals surface area contributed by atoms with E-state index in [2.05, 4.69) is 17.1 Å². The zero-order chi connectivity index (χ0) is 23.5. The van der Waals surface area contributed by atoms with E-state index in [0.717, 1.165) is 29.3 Å². The minimum atomic E-state index is -0.484. The summed E-state index contributed by atoms with van der Waals surface area (Å²) >= 11 is 0. The number of ether oxygens (including phenoxy) is 3. The predicted molar refractivity (Wildman–Crippen MR) is 128 cm³/mol. The average molecular weight is 459 g/mol. The van der Waals surface area contributed by atoms with Gasteiger partial charge in [0, 0.05) is 30.1 Å². The van der Waals surface area contributed by atoms with Crippen LogP contribution in [-0.2, 0) is 30.2 Å². The summed E-state index contributed by atoms with van der Waals surface area (Å²) in [6, 6.07) is 7.89. The van der Waals surface area contributed by atoms with Crippen LogP contribution in [0, 0.1) is 0 Å². The molecule has 1 aromatic carbocycles. The first-order chi connectivity index (χ1) is 16.6. The van der Waals surface area contributed by atoms with Crippen molar-refractivity contribution in [1.82, 2.24) is 9.88 Å². The van der Waals surface area contributed by atoms with Crippen LogP contribution in [0.5, 0.6) is 0 Å². The Morgan fingerprint density at radius 1 is 1.18 bits per heavy atom. The molecule has 3 aliphatic rings. The molecular weight excluding hydrogens is 432 g/mol. The largest absolute Gasteiger partial charge is 0.465 e.